The largest absolute Gasteiger partial charge is 0.383 e. The maximum Gasteiger partial charge on any atom is 0.230 e. The summed E-state index contributed by atoms with van der Waals surface area (Å²) in [7, 11) is -0.164. The second-order valence-electron chi connectivity index (χ2n) is 7.89. The first-order valence-electron chi connectivity index (χ1n) is 10.2. The molecular weight excluding hydrogens is 412 g/mol. The van der Waals surface area contributed by atoms with Crippen molar-refractivity contribution in [2.45, 2.75) is 44.7 Å². The van der Waals surface area contributed by atoms with Crippen molar-refractivity contribution in [3.8, 4) is 0 Å². The Morgan fingerprint density at radius 1 is 1.28 bits per heavy atom. The number of ether oxygens (including phenoxy) is 2. The third-order valence-corrected chi connectivity index (χ3v) is 8.95. The Hall–Kier alpha value is -1.00. The van der Waals surface area contributed by atoms with Gasteiger partial charge in [-0.05, 0) is 30.7 Å². The molecule has 1 aromatic heterocycles. The summed E-state index contributed by atoms with van der Waals surface area (Å²) in [5.41, 5.74) is -0.650. The first-order valence-corrected chi connectivity index (χ1v) is 12.7. The van der Waals surface area contributed by atoms with E-state index in [-0.39, 0.29) is 17.7 Å². The summed E-state index contributed by atoms with van der Waals surface area (Å²) < 4.78 is 37.7. The Bertz CT molecular complexity index is 768. The van der Waals surface area contributed by atoms with Crippen LogP contribution in [0.3, 0.4) is 0 Å². The molecule has 0 radical (unpaired) electrons. The van der Waals surface area contributed by atoms with Crippen LogP contribution in [0.25, 0.3) is 0 Å². The predicted octanol–water partition coefficient (Wildman–Crippen LogP) is 2.33. The van der Waals surface area contributed by atoms with Crippen LogP contribution in [0.1, 0.15) is 37.0 Å². The molecule has 1 aliphatic heterocycles. The zero-order chi connectivity index (χ0) is 20.9. The van der Waals surface area contributed by atoms with Crippen molar-refractivity contribution >= 4 is 27.3 Å². The number of carbonyl (C=O) groups is 1. The zero-order valence-corrected chi connectivity index (χ0v) is 19.0. The van der Waals surface area contributed by atoms with E-state index >= 15 is 0 Å². The Morgan fingerprint density at radius 2 is 2.07 bits per heavy atom. The average molecular weight is 445 g/mol. The Morgan fingerprint density at radius 3 is 2.76 bits per heavy atom. The van der Waals surface area contributed by atoms with Crippen LogP contribution in [0.2, 0.25) is 0 Å². The number of thiophene rings is 1. The molecule has 1 aliphatic carbocycles. The van der Waals surface area contributed by atoms with Gasteiger partial charge >= 0.3 is 0 Å². The third kappa shape index (κ3) is 4.85. The highest BCUT2D eigenvalue weighted by atomic mass is 32.2. The summed E-state index contributed by atoms with van der Waals surface area (Å²) >= 11 is 1.63. The fourth-order valence-corrected chi connectivity index (χ4v) is 7.37. The molecule has 7 nitrogen and oxygen atoms in total. The molecular formula is C20H32N2O5S2. The van der Waals surface area contributed by atoms with E-state index in [0.717, 1.165) is 30.6 Å². The van der Waals surface area contributed by atoms with Crippen LogP contribution in [-0.4, -0.2) is 75.8 Å². The fraction of sp³-hybridized carbons (Fsp3) is 0.750. The molecule has 29 heavy (non-hydrogen) atoms. The molecule has 2 atom stereocenters. The number of nitrogens with zero attached hydrogens (tertiary/aromatic N) is 2. The van der Waals surface area contributed by atoms with Crippen LogP contribution in [0.4, 0.5) is 0 Å². The molecule has 1 saturated heterocycles. The molecule has 0 unspecified atom stereocenters. The van der Waals surface area contributed by atoms with Gasteiger partial charge in [-0.15, -0.1) is 11.3 Å². The minimum absolute atomic E-state index is 0.0239. The van der Waals surface area contributed by atoms with Crippen LogP contribution in [-0.2, 0) is 30.8 Å². The molecule has 0 N–H and O–H groups in total. The van der Waals surface area contributed by atoms with Crippen LogP contribution < -0.4 is 0 Å². The molecule has 2 heterocycles. The van der Waals surface area contributed by atoms with Gasteiger partial charge in [-0.1, -0.05) is 18.9 Å². The molecule has 0 aromatic carbocycles. The number of hydrogen-bond acceptors (Lipinski definition) is 6. The highest BCUT2D eigenvalue weighted by molar-refractivity contribution is 7.89. The van der Waals surface area contributed by atoms with Crippen molar-refractivity contribution < 1.29 is 22.7 Å². The number of amides is 1. The van der Waals surface area contributed by atoms with Crippen molar-refractivity contribution in [1.29, 1.82) is 0 Å². The van der Waals surface area contributed by atoms with Crippen molar-refractivity contribution in [2.24, 2.45) is 5.41 Å². The summed E-state index contributed by atoms with van der Waals surface area (Å²) in [6.07, 6.45) is 3.77. The van der Waals surface area contributed by atoms with Gasteiger partial charge in [0.2, 0.25) is 15.9 Å². The summed E-state index contributed by atoms with van der Waals surface area (Å²) in [6.45, 7) is 2.15. The fourth-order valence-electron chi connectivity index (χ4n) is 4.75. The lowest BCUT2D eigenvalue weighted by Crippen LogP contribution is -2.63. The van der Waals surface area contributed by atoms with Crippen molar-refractivity contribution in [3.63, 3.8) is 0 Å². The van der Waals surface area contributed by atoms with Gasteiger partial charge in [0.15, 0.2) is 0 Å². The molecule has 0 spiro atoms. The van der Waals surface area contributed by atoms with E-state index in [0.29, 0.717) is 39.3 Å². The number of carbonyl (C=O) groups excluding carboxylic acids is 1. The molecule has 2 fully saturated rings. The lowest BCUT2D eigenvalue weighted by molar-refractivity contribution is -0.150. The maximum atomic E-state index is 13.9. The van der Waals surface area contributed by atoms with Gasteiger partial charge in [-0.2, -0.15) is 4.31 Å². The normalized spacial score (nSPS) is 26.8. The Balaban J connectivity index is 1.91. The van der Waals surface area contributed by atoms with Crippen molar-refractivity contribution in [2.75, 3.05) is 46.3 Å². The lowest BCUT2D eigenvalue weighted by atomic mass is 9.67. The highest BCUT2D eigenvalue weighted by Gasteiger charge is 2.56. The van der Waals surface area contributed by atoms with Gasteiger partial charge in [0.25, 0.3) is 0 Å². The van der Waals surface area contributed by atoms with Crippen molar-refractivity contribution in [1.82, 2.24) is 9.21 Å². The summed E-state index contributed by atoms with van der Waals surface area (Å²) in [4.78, 5) is 16.9. The van der Waals surface area contributed by atoms with E-state index < -0.39 is 15.4 Å². The predicted molar refractivity (Wildman–Crippen MR) is 113 cm³/mol. The van der Waals surface area contributed by atoms with Crippen molar-refractivity contribution in [3.05, 3.63) is 22.4 Å². The van der Waals surface area contributed by atoms with Gasteiger partial charge in [0.05, 0.1) is 30.9 Å². The van der Waals surface area contributed by atoms with Crippen LogP contribution >= 0.6 is 11.3 Å². The number of hydrogen-bond donors (Lipinski definition) is 0. The molecule has 9 heteroatoms. The summed E-state index contributed by atoms with van der Waals surface area (Å²) in [5, 5.41) is 2.01. The van der Waals surface area contributed by atoms with E-state index in [1.165, 1.54) is 0 Å². The number of sulfonamides is 1. The first-order chi connectivity index (χ1) is 13.9. The van der Waals surface area contributed by atoms with E-state index in [4.69, 9.17) is 9.47 Å². The topological polar surface area (TPSA) is 76.2 Å². The minimum atomic E-state index is -3.37. The smallest absolute Gasteiger partial charge is 0.230 e. The minimum Gasteiger partial charge on any atom is -0.383 e. The van der Waals surface area contributed by atoms with Gasteiger partial charge in [0, 0.05) is 38.2 Å². The average Bonchev–Trinajstić information content (AvgIpc) is 3.23. The number of methoxy groups -OCH3 is 2. The van der Waals surface area contributed by atoms with E-state index in [1.807, 2.05) is 22.4 Å². The highest BCUT2D eigenvalue weighted by Crippen LogP contribution is 2.48. The molecule has 3 rings (SSSR count). The number of fused-ring (bicyclic) bond motifs is 1. The van der Waals surface area contributed by atoms with Gasteiger partial charge in [-0.3, -0.25) is 4.79 Å². The maximum absolute atomic E-state index is 13.9. The molecule has 1 amide bonds. The monoisotopic (exact) mass is 444 g/mol. The molecule has 1 aromatic rings. The van der Waals surface area contributed by atoms with Gasteiger partial charge in [-0.25, -0.2) is 8.42 Å². The van der Waals surface area contributed by atoms with E-state index in [9.17, 15) is 13.2 Å². The van der Waals surface area contributed by atoms with Crippen LogP contribution in [0.5, 0.6) is 0 Å². The Kier molecular flexibility index (Phi) is 7.72. The lowest BCUT2D eigenvalue weighted by Gasteiger charge is -2.52. The molecule has 1 saturated carbocycles. The Labute approximate surface area is 178 Å². The summed E-state index contributed by atoms with van der Waals surface area (Å²) in [6, 6.07) is 3.73. The van der Waals surface area contributed by atoms with Crippen LogP contribution in [0, 0.1) is 5.41 Å². The quantitative estimate of drug-likeness (QED) is 0.584. The molecule has 164 valence electrons. The second-order valence-corrected chi connectivity index (χ2v) is 11.0. The standard InChI is InChI=1S/C20H32N2O5S2/c1-26-12-10-21(16-17-6-5-14-28-17)19(23)20-8-4-3-7-18(20)22(11-13-27-2)29(24,25)15-9-20/h5-6,14,18H,3-4,7-13,15-16H2,1-2H3/t18-,20-/m1/s1. The summed E-state index contributed by atoms with van der Waals surface area (Å²) in [5.74, 6) is 0.0979. The van der Waals surface area contributed by atoms with E-state index in [1.54, 1.807) is 29.9 Å². The molecule has 0 bridgehead atoms. The van der Waals surface area contributed by atoms with Gasteiger partial charge < -0.3 is 14.4 Å². The first kappa shape index (κ1) is 22.7. The SMILES string of the molecule is COCCN(Cc1cccs1)C(=O)[C@@]12CCCC[C@H]1N(CCOC)S(=O)(=O)CC2. The van der Waals surface area contributed by atoms with E-state index in [2.05, 4.69) is 0 Å². The number of rotatable bonds is 9. The third-order valence-electron chi connectivity index (χ3n) is 6.22. The molecule has 2 aliphatic rings. The second kappa shape index (κ2) is 9.87. The zero-order valence-electron chi connectivity index (χ0n) is 17.3. The van der Waals surface area contributed by atoms with Gasteiger partial charge in [0.1, 0.15) is 0 Å². The van der Waals surface area contributed by atoms with Crippen LogP contribution in [0.15, 0.2) is 17.5 Å².